The van der Waals surface area contributed by atoms with E-state index in [9.17, 15) is 4.79 Å². The molecule has 1 aliphatic heterocycles. The van der Waals surface area contributed by atoms with E-state index in [-0.39, 0.29) is 5.91 Å². The van der Waals surface area contributed by atoms with Gasteiger partial charge in [0.1, 0.15) is 0 Å². The van der Waals surface area contributed by atoms with Crippen LogP contribution in [0.1, 0.15) is 24.0 Å². The first-order valence-electron chi connectivity index (χ1n) is 9.74. The fourth-order valence-electron chi connectivity index (χ4n) is 3.39. The zero-order valence-electron chi connectivity index (χ0n) is 17.0. The maximum absolute atomic E-state index is 12.6. The van der Waals surface area contributed by atoms with Crippen LogP contribution in [0.15, 0.2) is 47.5 Å². The van der Waals surface area contributed by atoms with Crippen molar-refractivity contribution in [2.45, 2.75) is 25.8 Å². The van der Waals surface area contributed by atoms with Gasteiger partial charge in [-0.25, -0.2) is 0 Å². The molecule has 0 bridgehead atoms. The zero-order chi connectivity index (χ0) is 20.6. The molecule has 3 N–H and O–H groups in total. The number of para-hydroxylation sites is 1. The van der Waals surface area contributed by atoms with Crippen LogP contribution in [-0.4, -0.2) is 44.1 Å². The lowest BCUT2D eigenvalue weighted by Crippen LogP contribution is -2.36. The summed E-state index contributed by atoms with van der Waals surface area (Å²) in [6.45, 7) is 1.81. The molecule has 7 nitrogen and oxygen atoms in total. The van der Waals surface area contributed by atoms with Crippen LogP contribution in [0.2, 0.25) is 0 Å². The Labute approximate surface area is 171 Å². The van der Waals surface area contributed by atoms with E-state index in [2.05, 4.69) is 10.3 Å². The number of anilines is 1. The van der Waals surface area contributed by atoms with Gasteiger partial charge in [-0.15, -0.1) is 0 Å². The Morgan fingerprint density at radius 2 is 1.83 bits per heavy atom. The van der Waals surface area contributed by atoms with Gasteiger partial charge in [-0.05, 0) is 48.2 Å². The quantitative estimate of drug-likeness (QED) is 0.427. The van der Waals surface area contributed by atoms with Crippen LogP contribution in [0.4, 0.5) is 5.69 Å². The predicted molar refractivity (Wildman–Crippen MR) is 114 cm³/mol. The molecule has 29 heavy (non-hydrogen) atoms. The Morgan fingerprint density at radius 3 is 2.52 bits per heavy atom. The third kappa shape index (κ3) is 5.40. The van der Waals surface area contributed by atoms with Crippen molar-refractivity contribution in [2.75, 3.05) is 32.6 Å². The van der Waals surface area contributed by atoms with Crippen molar-refractivity contribution >= 4 is 17.6 Å². The predicted octanol–water partition coefficient (Wildman–Crippen LogP) is 2.80. The Kier molecular flexibility index (Phi) is 6.94. The number of carbonyl (C=O) groups excluding carboxylic acids is 1. The second-order valence-corrected chi connectivity index (χ2v) is 6.90. The highest BCUT2D eigenvalue weighted by molar-refractivity contribution is 5.92. The second-order valence-electron chi connectivity index (χ2n) is 6.90. The Hall–Kier alpha value is -3.22. The maximum atomic E-state index is 12.6. The first-order chi connectivity index (χ1) is 14.1. The molecule has 1 heterocycles. The average molecular weight is 396 g/mol. The van der Waals surface area contributed by atoms with Crippen LogP contribution in [0.5, 0.6) is 11.5 Å². The highest BCUT2D eigenvalue weighted by atomic mass is 16.5. The van der Waals surface area contributed by atoms with E-state index in [1.807, 2.05) is 47.4 Å². The molecule has 0 atom stereocenters. The van der Waals surface area contributed by atoms with E-state index in [0.717, 1.165) is 23.4 Å². The summed E-state index contributed by atoms with van der Waals surface area (Å²) in [6.07, 6.45) is 1.92. The van der Waals surface area contributed by atoms with E-state index in [4.69, 9.17) is 15.2 Å². The third-order valence-electron chi connectivity index (χ3n) is 4.95. The number of hydrogen-bond donors (Lipinski definition) is 2. The van der Waals surface area contributed by atoms with Gasteiger partial charge in [0.25, 0.3) is 0 Å². The molecule has 0 radical (unpaired) electrons. The number of ether oxygens (including phenoxy) is 2. The molecule has 0 saturated heterocycles. The topological polar surface area (TPSA) is 89.2 Å². The molecular formula is C22H28N4O3. The Balaban J connectivity index is 1.49. The minimum atomic E-state index is 0.134. The molecule has 7 heteroatoms. The van der Waals surface area contributed by atoms with Crippen LogP contribution >= 0.6 is 0 Å². The van der Waals surface area contributed by atoms with Crippen molar-refractivity contribution in [1.82, 2.24) is 4.90 Å². The van der Waals surface area contributed by atoms with Crippen molar-refractivity contribution in [1.29, 1.82) is 0 Å². The molecule has 0 unspecified atom stereocenters. The molecule has 2 aromatic carbocycles. The summed E-state index contributed by atoms with van der Waals surface area (Å²) < 4.78 is 10.7. The monoisotopic (exact) mass is 396 g/mol. The lowest BCUT2D eigenvalue weighted by atomic mass is 9.98. The van der Waals surface area contributed by atoms with Crippen molar-refractivity contribution < 1.29 is 14.3 Å². The number of hydrogen-bond acceptors (Lipinski definition) is 4. The van der Waals surface area contributed by atoms with Gasteiger partial charge in [0.05, 0.1) is 14.2 Å². The second kappa shape index (κ2) is 9.82. The summed E-state index contributed by atoms with van der Waals surface area (Å²) >= 11 is 0. The van der Waals surface area contributed by atoms with Crippen LogP contribution in [0.3, 0.4) is 0 Å². The van der Waals surface area contributed by atoms with Gasteiger partial charge in [0, 0.05) is 31.7 Å². The molecule has 0 spiro atoms. The number of guanidine groups is 1. The van der Waals surface area contributed by atoms with Crippen LogP contribution in [-0.2, 0) is 17.8 Å². The third-order valence-corrected chi connectivity index (χ3v) is 4.95. The van der Waals surface area contributed by atoms with E-state index in [1.54, 1.807) is 14.2 Å². The van der Waals surface area contributed by atoms with E-state index < -0.39 is 0 Å². The van der Waals surface area contributed by atoms with Crippen molar-refractivity contribution in [2.24, 2.45) is 10.7 Å². The zero-order valence-corrected chi connectivity index (χ0v) is 17.0. The van der Waals surface area contributed by atoms with Crippen molar-refractivity contribution in [3.8, 4) is 11.5 Å². The van der Waals surface area contributed by atoms with E-state index in [1.165, 1.54) is 5.56 Å². The molecule has 0 saturated carbocycles. The number of rotatable bonds is 7. The lowest BCUT2D eigenvalue weighted by Gasteiger charge is -2.29. The van der Waals surface area contributed by atoms with Gasteiger partial charge in [0.2, 0.25) is 5.91 Å². The fourth-order valence-corrected chi connectivity index (χ4v) is 3.39. The number of carbonyl (C=O) groups is 1. The molecule has 154 valence electrons. The van der Waals surface area contributed by atoms with E-state index in [0.29, 0.717) is 44.2 Å². The number of amides is 1. The summed E-state index contributed by atoms with van der Waals surface area (Å²) in [6, 6.07) is 13.6. The summed E-state index contributed by atoms with van der Waals surface area (Å²) in [4.78, 5) is 18.8. The largest absolute Gasteiger partial charge is 0.493 e. The number of nitrogens with two attached hydrogens (primary N) is 1. The summed E-state index contributed by atoms with van der Waals surface area (Å²) in [7, 11) is 3.25. The summed E-state index contributed by atoms with van der Waals surface area (Å²) in [5, 5.41) is 3.03. The number of benzene rings is 2. The molecule has 2 aromatic rings. The number of aliphatic imine (C=N–C) groups is 1. The number of methoxy groups -OCH3 is 2. The Morgan fingerprint density at radius 1 is 1.14 bits per heavy atom. The first-order valence-corrected chi connectivity index (χ1v) is 9.74. The van der Waals surface area contributed by atoms with Gasteiger partial charge in [-0.2, -0.15) is 0 Å². The number of nitrogens with zero attached hydrogens (tertiary/aromatic N) is 2. The van der Waals surface area contributed by atoms with Crippen LogP contribution < -0.4 is 20.5 Å². The highest BCUT2D eigenvalue weighted by Gasteiger charge is 2.22. The van der Waals surface area contributed by atoms with Crippen molar-refractivity contribution in [3.63, 3.8) is 0 Å². The standard InChI is InChI=1S/C22H28N4O3/c1-28-19-13-16-10-12-26(15-17(16)14-20(19)29-2)21(27)9-6-11-24-22(23)25-18-7-4-3-5-8-18/h3-5,7-8,13-14H,6,9-12,15H2,1-2H3,(H3,23,24,25). The SMILES string of the molecule is COc1cc2c(cc1OC)CN(C(=O)CCCN=C(N)Nc1ccccc1)CC2. The van der Waals surface area contributed by atoms with E-state index >= 15 is 0 Å². The minimum absolute atomic E-state index is 0.134. The number of nitrogens with one attached hydrogen (secondary N) is 1. The molecule has 3 rings (SSSR count). The molecule has 0 aliphatic carbocycles. The molecule has 0 aromatic heterocycles. The van der Waals surface area contributed by atoms with Gasteiger partial charge in [0.15, 0.2) is 17.5 Å². The van der Waals surface area contributed by atoms with Crippen LogP contribution in [0, 0.1) is 0 Å². The summed E-state index contributed by atoms with van der Waals surface area (Å²) in [5.41, 5.74) is 9.10. The first kappa shape index (κ1) is 20.5. The van der Waals surface area contributed by atoms with Crippen LogP contribution in [0.25, 0.3) is 0 Å². The molecular weight excluding hydrogens is 368 g/mol. The Bertz CT molecular complexity index is 868. The average Bonchev–Trinajstić information content (AvgIpc) is 2.75. The fraction of sp³-hybridized carbons (Fsp3) is 0.364. The smallest absolute Gasteiger partial charge is 0.222 e. The highest BCUT2D eigenvalue weighted by Crippen LogP contribution is 2.33. The van der Waals surface area contributed by atoms with Crippen molar-refractivity contribution in [3.05, 3.63) is 53.6 Å². The van der Waals surface area contributed by atoms with Gasteiger partial charge in [-0.3, -0.25) is 9.79 Å². The van der Waals surface area contributed by atoms with Gasteiger partial charge >= 0.3 is 0 Å². The molecule has 1 amide bonds. The van der Waals surface area contributed by atoms with Gasteiger partial charge in [-0.1, -0.05) is 18.2 Å². The lowest BCUT2D eigenvalue weighted by molar-refractivity contribution is -0.132. The molecule has 0 fully saturated rings. The normalized spacial score (nSPS) is 13.6. The number of fused-ring (bicyclic) bond motifs is 1. The molecule has 1 aliphatic rings. The summed E-state index contributed by atoms with van der Waals surface area (Å²) in [5.74, 6) is 1.91. The van der Waals surface area contributed by atoms with Gasteiger partial charge < -0.3 is 25.4 Å². The minimum Gasteiger partial charge on any atom is -0.493 e. The maximum Gasteiger partial charge on any atom is 0.222 e.